The summed E-state index contributed by atoms with van der Waals surface area (Å²) in [6, 6.07) is 4.87. The minimum absolute atomic E-state index is 0.142. The van der Waals surface area contributed by atoms with E-state index < -0.39 is 5.56 Å². The summed E-state index contributed by atoms with van der Waals surface area (Å²) in [4.78, 5) is 18.1. The number of benzene rings is 1. The zero-order valence-electron chi connectivity index (χ0n) is 8.87. The van der Waals surface area contributed by atoms with Gasteiger partial charge in [0.25, 0.3) is 5.56 Å². The van der Waals surface area contributed by atoms with Crippen LogP contribution in [0.25, 0.3) is 21.7 Å². The number of halogens is 2. The topological polar surface area (TPSA) is 66.0 Å². The third-order valence-corrected chi connectivity index (χ3v) is 3.46. The van der Waals surface area contributed by atoms with Gasteiger partial charge < -0.3 is 10.1 Å². The molecule has 0 aliphatic heterocycles. The molecule has 4 nitrogen and oxygen atoms in total. The van der Waals surface area contributed by atoms with Crippen molar-refractivity contribution in [2.75, 3.05) is 0 Å². The van der Waals surface area contributed by atoms with Crippen molar-refractivity contribution >= 4 is 44.9 Å². The summed E-state index contributed by atoms with van der Waals surface area (Å²) < 4.78 is 0. The number of aromatic nitrogens is 2. The van der Waals surface area contributed by atoms with Crippen molar-refractivity contribution in [2.45, 2.75) is 0 Å². The Labute approximate surface area is 111 Å². The van der Waals surface area contributed by atoms with Crippen LogP contribution in [0.1, 0.15) is 0 Å². The zero-order valence-corrected chi connectivity index (χ0v) is 10.4. The Morgan fingerprint density at radius 3 is 2.67 bits per heavy atom. The van der Waals surface area contributed by atoms with Crippen molar-refractivity contribution in [1.82, 2.24) is 9.97 Å². The van der Waals surface area contributed by atoms with Crippen molar-refractivity contribution < 1.29 is 5.11 Å². The van der Waals surface area contributed by atoms with Crippen LogP contribution in [0.4, 0.5) is 0 Å². The first-order valence-electron chi connectivity index (χ1n) is 5.07. The van der Waals surface area contributed by atoms with Gasteiger partial charge in [0.05, 0.1) is 15.6 Å². The summed E-state index contributed by atoms with van der Waals surface area (Å²) in [7, 11) is 0. The molecule has 3 aromatic rings. The number of aromatic hydroxyl groups is 1. The predicted molar refractivity (Wildman–Crippen MR) is 71.6 cm³/mol. The third kappa shape index (κ3) is 1.54. The Hall–Kier alpha value is -1.78. The smallest absolute Gasteiger partial charge is 0.261 e. The second-order valence-electron chi connectivity index (χ2n) is 3.81. The number of hydrogen-bond donors (Lipinski definition) is 2. The number of pyridine rings is 2. The van der Waals surface area contributed by atoms with Gasteiger partial charge in [0.2, 0.25) is 5.88 Å². The number of rotatable bonds is 0. The minimum atomic E-state index is -0.398. The van der Waals surface area contributed by atoms with Crippen molar-refractivity contribution in [3.63, 3.8) is 0 Å². The number of nitrogens with one attached hydrogen (secondary N) is 1. The summed E-state index contributed by atoms with van der Waals surface area (Å²) in [6.45, 7) is 0. The number of H-pyrrole nitrogens is 1. The fourth-order valence-electron chi connectivity index (χ4n) is 1.94. The number of hydrogen-bond acceptors (Lipinski definition) is 3. The van der Waals surface area contributed by atoms with Crippen molar-refractivity contribution in [3.05, 3.63) is 44.8 Å². The van der Waals surface area contributed by atoms with Crippen molar-refractivity contribution in [3.8, 4) is 5.88 Å². The molecule has 3 rings (SSSR count). The number of aromatic amines is 1. The van der Waals surface area contributed by atoms with Crippen LogP contribution < -0.4 is 5.56 Å². The summed E-state index contributed by atoms with van der Waals surface area (Å²) >= 11 is 11.9. The standard InChI is InChI=1S/C12H6Cl2N2O2/c13-7-3-6-5-1-2-15-11(17)10(5)12(18)16-9(6)4-8(7)14/h1-4H,(H,15,17)(H,16,18). The maximum Gasteiger partial charge on any atom is 0.261 e. The molecule has 0 fully saturated rings. The van der Waals surface area contributed by atoms with Gasteiger partial charge >= 0.3 is 0 Å². The molecule has 0 radical (unpaired) electrons. The van der Waals surface area contributed by atoms with E-state index in [9.17, 15) is 9.90 Å². The van der Waals surface area contributed by atoms with Crippen LogP contribution in [0, 0.1) is 0 Å². The van der Waals surface area contributed by atoms with Gasteiger partial charge in [0.15, 0.2) is 0 Å². The average Bonchev–Trinajstić information content (AvgIpc) is 2.32. The quantitative estimate of drug-likeness (QED) is 0.622. The SMILES string of the molecule is O=c1[nH]ccc2c1c(O)nc1cc(Cl)c(Cl)cc12. The third-order valence-electron chi connectivity index (χ3n) is 2.74. The fourth-order valence-corrected chi connectivity index (χ4v) is 2.26. The van der Waals surface area contributed by atoms with Crippen LogP contribution in [0.15, 0.2) is 29.2 Å². The molecule has 6 heteroatoms. The van der Waals surface area contributed by atoms with E-state index in [4.69, 9.17) is 23.2 Å². The van der Waals surface area contributed by atoms with Crippen molar-refractivity contribution in [2.24, 2.45) is 0 Å². The lowest BCUT2D eigenvalue weighted by atomic mass is 10.1. The lowest BCUT2D eigenvalue weighted by molar-refractivity contribution is 0.462. The highest BCUT2D eigenvalue weighted by Gasteiger charge is 2.12. The van der Waals surface area contributed by atoms with E-state index in [-0.39, 0.29) is 11.3 Å². The second-order valence-corrected chi connectivity index (χ2v) is 4.63. The van der Waals surface area contributed by atoms with Gasteiger partial charge in [0.1, 0.15) is 5.39 Å². The van der Waals surface area contributed by atoms with Crippen LogP contribution in [0.2, 0.25) is 10.0 Å². The average molecular weight is 281 g/mol. The molecule has 2 N–H and O–H groups in total. The largest absolute Gasteiger partial charge is 0.493 e. The van der Waals surface area contributed by atoms with Gasteiger partial charge in [-0.1, -0.05) is 23.2 Å². The van der Waals surface area contributed by atoms with E-state index in [0.717, 1.165) is 0 Å². The Kier molecular flexibility index (Phi) is 2.43. The molecular formula is C12H6Cl2N2O2. The highest BCUT2D eigenvalue weighted by Crippen LogP contribution is 2.32. The molecule has 90 valence electrons. The molecule has 18 heavy (non-hydrogen) atoms. The lowest BCUT2D eigenvalue weighted by Gasteiger charge is -2.06. The minimum Gasteiger partial charge on any atom is -0.493 e. The van der Waals surface area contributed by atoms with Crippen LogP contribution >= 0.6 is 23.2 Å². The Bertz CT molecular complexity index is 843. The highest BCUT2D eigenvalue weighted by atomic mass is 35.5. The van der Waals surface area contributed by atoms with Crippen LogP contribution in [0.3, 0.4) is 0 Å². The van der Waals surface area contributed by atoms with Gasteiger partial charge in [-0.05, 0) is 18.2 Å². The van der Waals surface area contributed by atoms with E-state index in [0.29, 0.717) is 26.3 Å². The lowest BCUT2D eigenvalue weighted by Crippen LogP contribution is -2.05. The van der Waals surface area contributed by atoms with Crippen LogP contribution in [0.5, 0.6) is 5.88 Å². The molecule has 1 aromatic carbocycles. The number of fused-ring (bicyclic) bond motifs is 3. The summed E-state index contributed by atoms with van der Waals surface area (Å²) in [6.07, 6.45) is 1.51. The molecule has 0 bridgehead atoms. The molecular weight excluding hydrogens is 275 g/mol. The maximum absolute atomic E-state index is 11.7. The highest BCUT2D eigenvalue weighted by molar-refractivity contribution is 6.43. The molecule has 0 atom stereocenters. The normalized spacial score (nSPS) is 11.2. The number of nitrogens with zero attached hydrogens (tertiary/aromatic N) is 1. The van der Waals surface area contributed by atoms with Crippen molar-refractivity contribution in [1.29, 1.82) is 0 Å². The molecule has 0 aliphatic rings. The Morgan fingerprint density at radius 1 is 1.17 bits per heavy atom. The molecule has 0 aliphatic carbocycles. The molecule has 0 spiro atoms. The molecule has 2 heterocycles. The molecule has 0 amide bonds. The summed E-state index contributed by atoms with van der Waals surface area (Å²) in [5.41, 5.74) is 0.0884. The zero-order chi connectivity index (χ0) is 12.9. The summed E-state index contributed by atoms with van der Waals surface area (Å²) in [5, 5.41) is 11.9. The van der Waals surface area contributed by atoms with Gasteiger partial charge in [0, 0.05) is 17.0 Å². The first-order valence-corrected chi connectivity index (χ1v) is 5.82. The molecule has 0 saturated carbocycles. The van der Waals surface area contributed by atoms with Gasteiger partial charge in [-0.2, -0.15) is 0 Å². The van der Waals surface area contributed by atoms with E-state index >= 15 is 0 Å². The Morgan fingerprint density at radius 2 is 1.89 bits per heavy atom. The van der Waals surface area contributed by atoms with Gasteiger partial charge in [-0.15, -0.1) is 0 Å². The van der Waals surface area contributed by atoms with E-state index in [2.05, 4.69) is 9.97 Å². The van der Waals surface area contributed by atoms with E-state index in [1.807, 2.05) is 0 Å². The van der Waals surface area contributed by atoms with Gasteiger partial charge in [-0.25, -0.2) is 4.98 Å². The molecule has 0 saturated heterocycles. The summed E-state index contributed by atoms with van der Waals surface area (Å²) in [5.74, 6) is -0.322. The predicted octanol–water partition coefficient (Wildman–Crippen LogP) is 3.09. The molecule has 2 aromatic heterocycles. The molecule has 0 unspecified atom stereocenters. The first-order chi connectivity index (χ1) is 8.58. The van der Waals surface area contributed by atoms with Crippen LogP contribution in [-0.2, 0) is 0 Å². The van der Waals surface area contributed by atoms with Gasteiger partial charge in [-0.3, -0.25) is 4.79 Å². The maximum atomic E-state index is 11.7. The second kappa shape index (κ2) is 3.86. The fraction of sp³-hybridized carbons (Fsp3) is 0. The first kappa shape index (κ1) is 11.3. The van der Waals surface area contributed by atoms with Crippen LogP contribution in [-0.4, -0.2) is 15.1 Å². The van der Waals surface area contributed by atoms with E-state index in [1.54, 1.807) is 18.2 Å². The van der Waals surface area contributed by atoms with E-state index in [1.165, 1.54) is 6.20 Å². The Balaban J connectivity index is 2.65. The monoisotopic (exact) mass is 280 g/mol.